The van der Waals surface area contributed by atoms with Crippen LogP contribution in [-0.4, -0.2) is 17.1 Å². The van der Waals surface area contributed by atoms with Gasteiger partial charge in [-0.3, -0.25) is 0 Å². The maximum atomic E-state index is 6.30. The van der Waals surface area contributed by atoms with Gasteiger partial charge in [-0.1, -0.05) is 23.7 Å². The molecule has 2 fully saturated rings. The van der Waals surface area contributed by atoms with E-state index in [1.807, 2.05) is 30.5 Å². The average Bonchev–Trinajstić information content (AvgIpc) is 3.12. The molecule has 3 atom stereocenters. The van der Waals surface area contributed by atoms with Crippen LogP contribution < -0.4 is 11.1 Å². The van der Waals surface area contributed by atoms with Gasteiger partial charge in [-0.05, 0) is 48.6 Å². The van der Waals surface area contributed by atoms with Crippen molar-refractivity contribution in [1.82, 2.24) is 10.3 Å². The highest BCUT2D eigenvalue weighted by atomic mass is 35.5. The highest BCUT2D eigenvalue weighted by Crippen LogP contribution is 2.41. The van der Waals surface area contributed by atoms with Crippen molar-refractivity contribution >= 4 is 17.3 Å². The van der Waals surface area contributed by atoms with Crippen molar-refractivity contribution in [2.75, 3.05) is 5.73 Å². The van der Waals surface area contributed by atoms with Crippen LogP contribution >= 0.6 is 11.6 Å². The number of halogens is 1. The van der Waals surface area contributed by atoms with E-state index in [9.17, 15) is 0 Å². The second kappa shape index (κ2) is 5.00. The second-order valence-corrected chi connectivity index (χ2v) is 6.48. The van der Waals surface area contributed by atoms with Crippen LogP contribution in [0.2, 0.25) is 5.15 Å². The zero-order valence-corrected chi connectivity index (χ0v) is 12.5. The van der Waals surface area contributed by atoms with E-state index < -0.39 is 0 Å². The molecule has 21 heavy (non-hydrogen) atoms. The number of anilines is 1. The van der Waals surface area contributed by atoms with Gasteiger partial charge in [-0.15, -0.1) is 0 Å². The number of nitrogens with one attached hydrogen (secondary N) is 1. The Kier molecular flexibility index (Phi) is 3.12. The lowest BCUT2D eigenvalue weighted by Crippen LogP contribution is -2.21. The number of hydrogen-bond acceptors (Lipinski definition) is 3. The van der Waals surface area contributed by atoms with Crippen molar-refractivity contribution < 1.29 is 0 Å². The number of pyridine rings is 1. The van der Waals surface area contributed by atoms with Crippen LogP contribution in [0.3, 0.4) is 0 Å². The van der Waals surface area contributed by atoms with Gasteiger partial charge < -0.3 is 11.1 Å². The SMILES string of the molecule is Nc1ccc(-c2cc([C@H]3C[C@@H]4CC[C@H]3N4)cnc2Cl)cc1. The fourth-order valence-electron chi connectivity index (χ4n) is 3.72. The predicted molar refractivity (Wildman–Crippen MR) is 86.4 cm³/mol. The Labute approximate surface area is 129 Å². The van der Waals surface area contributed by atoms with Gasteiger partial charge in [-0.25, -0.2) is 4.98 Å². The number of nitrogen functional groups attached to an aromatic ring is 1. The Bertz CT molecular complexity index is 668. The molecule has 0 aliphatic carbocycles. The van der Waals surface area contributed by atoms with Crippen LogP contribution in [0, 0.1) is 0 Å². The van der Waals surface area contributed by atoms with Gasteiger partial charge in [0.05, 0.1) is 0 Å². The lowest BCUT2D eigenvalue weighted by molar-refractivity contribution is 0.505. The first kappa shape index (κ1) is 13.1. The predicted octanol–water partition coefficient (Wildman–Crippen LogP) is 3.59. The number of aromatic nitrogens is 1. The Morgan fingerprint density at radius 2 is 2.00 bits per heavy atom. The molecule has 3 nitrogen and oxygen atoms in total. The summed E-state index contributed by atoms with van der Waals surface area (Å²) in [7, 11) is 0. The number of fused-ring (bicyclic) bond motifs is 2. The van der Waals surface area contributed by atoms with E-state index in [0.29, 0.717) is 23.2 Å². The van der Waals surface area contributed by atoms with Crippen molar-refractivity contribution in [3.63, 3.8) is 0 Å². The fraction of sp³-hybridized carbons (Fsp3) is 0.353. The van der Waals surface area contributed by atoms with Crippen molar-refractivity contribution in [3.05, 3.63) is 47.2 Å². The van der Waals surface area contributed by atoms with Crippen LogP contribution in [0.25, 0.3) is 11.1 Å². The molecule has 2 bridgehead atoms. The number of rotatable bonds is 2. The largest absolute Gasteiger partial charge is 0.399 e. The number of hydrogen-bond donors (Lipinski definition) is 2. The molecule has 3 N–H and O–H groups in total. The summed E-state index contributed by atoms with van der Waals surface area (Å²) in [5.41, 5.74) is 9.88. The van der Waals surface area contributed by atoms with Crippen LogP contribution in [0.4, 0.5) is 5.69 Å². The Balaban J connectivity index is 1.71. The number of benzene rings is 1. The monoisotopic (exact) mass is 299 g/mol. The molecular formula is C17H18ClN3. The average molecular weight is 300 g/mol. The second-order valence-electron chi connectivity index (χ2n) is 6.12. The van der Waals surface area contributed by atoms with E-state index >= 15 is 0 Å². The van der Waals surface area contributed by atoms with Crippen molar-refractivity contribution in [2.24, 2.45) is 0 Å². The third-order valence-electron chi connectivity index (χ3n) is 4.81. The molecule has 108 valence electrons. The summed E-state index contributed by atoms with van der Waals surface area (Å²) in [4.78, 5) is 4.41. The summed E-state index contributed by atoms with van der Waals surface area (Å²) >= 11 is 6.30. The third kappa shape index (κ3) is 2.30. The van der Waals surface area contributed by atoms with E-state index in [-0.39, 0.29) is 0 Å². The van der Waals surface area contributed by atoms with Gasteiger partial charge in [-0.2, -0.15) is 0 Å². The van der Waals surface area contributed by atoms with E-state index in [1.165, 1.54) is 24.8 Å². The Morgan fingerprint density at radius 1 is 1.19 bits per heavy atom. The molecule has 4 heteroatoms. The first-order valence-electron chi connectivity index (χ1n) is 7.48. The Hall–Kier alpha value is -1.58. The minimum Gasteiger partial charge on any atom is -0.399 e. The maximum Gasteiger partial charge on any atom is 0.136 e. The number of nitrogens with two attached hydrogens (primary N) is 1. The highest BCUT2D eigenvalue weighted by molar-refractivity contribution is 6.32. The molecule has 2 saturated heterocycles. The van der Waals surface area contributed by atoms with E-state index in [1.54, 1.807) is 0 Å². The van der Waals surface area contributed by atoms with E-state index in [4.69, 9.17) is 17.3 Å². The molecule has 2 aromatic rings. The summed E-state index contributed by atoms with van der Waals surface area (Å²) in [5.74, 6) is 0.570. The van der Waals surface area contributed by atoms with Crippen LogP contribution in [-0.2, 0) is 0 Å². The molecule has 2 aliphatic rings. The summed E-state index contributed by atoms with van der Waals surface area (Å²) < 4.78 is 0. The molecule has 3 heterocycles. The first-order chi connectivity index (χ1) is 10.2. The molecule has 0 unspecified atom stereocenters. The standard InChI is InChI=1S/C17H18ClN3/c18-17-15(10-1-3-12(19)4-2-10)7-11(9-20-17)14-8-13-5-6-16(14)21-13/h1-4,7,9,13-14,16,21H,5-6,8,19H2/t13-,14+,16+/m0/s1. The van der Waals surface area contributed by atoms with E-state index in [0.717, 1.165) is 16.8 Å². The molecule has 1 aromatic heterocycles. The summed E-state index contributed by atoms with van der Waals surface area (Å²) in [5, 5.41) is 4.24. The van der Waals surface area contributed by atoms with Gasteiger partial charge in [0, 0.05) is 35.4 Å². The van der Waals surface area contributed by atoms with Crippen LogP contribution in [0.5, 0.6) is 0 Å². The summed E-state index contributed by atoms with van der Waals surface area (Å²) in [6, 6.07) is 11.3. The van der Waals surface area contributed by atoms with Crippen molar-refractivity contribution in [2.45, 2.75) is 37.3 Å². The molecule has 1 aromatic carbocycles. The first-order valence-corrected chi connectivity index (χ1v) is 7.86. The zero-order chi connectivity index (χ0) is 14.4. The van der Waals surface area contributed by atoms with Gasteiger partial charge in [0.2, 0.25) is 0 Å². The van der Waals surface area contributed by atoms with Crippen LogP contribution in [0.15, 0.2) is 36.5 Å². The lowest BCUT2D eigenvalue weighted by Gasteiger charge is -2.21. The topological polar surface area (TPSA) is 50.9 Å². The van der Waals surface area contributed by atoms with Crippen molar-refractivity contribution in [3.8, 4) is 11.1 Å². The maximum absolute atomic E-state index is 6.30. The quantitative estimate of drug-likeness (QED) is 0.658. The smallest absolute Gasteiger partial charge is 0.136 e. The normalized spacial score (nSPS) is 27.2. The molecule has 0 saturated carbocycles. The van der Waals surface area contributed by atoms with Crippen LogP contribution in [0.1, 0.15) is 30.7 Å². The lowest BCUT2D eigenvalue weighted by atomic mass is 9.84. The molecule has 0 amide bonds. The summed E-state index contributed by atoms with van der Waals surface area (Å²) in [6.45, 7) is 0. The van der Waals surface area contributed by atoms with Gasteiger partial charge in [0.15, 0.2) is 0 Å². The molecule has 4 rings (SSSR count). The molecule has 2 aliphatic heterocycles. The van der Waals surface area contributed by atoms with E-state index in [2.05, 4.69) is 16.4 Å². The molecule has 0 spiro atoms. The Morgan fingerprint density at radius 3 is 2.67 bits per heavy atom. The fourth-order valence-corrected chi connectivity index (χ4v) is 3.94. The van der Waals surface area contributed by atoms with Crippen molar-refractivity contribution in [1.29, 1.82) is 0 Å². The van der Waals surface area contributed by atoms with Gasteiger partial charge in [0.25, 0.3) is 0 Å². The highest BCUT2D eigenvalue weighted by Gasteiger charge is 2.39. The minimum atomic E-state index is 0.555. The molecular weight excluding hydrogens is 282 g/mol. The molecule has 0 radical (unpaired) electrons. The van der Waals surface area contributed by atoms with Gasteiger partial charge >= 0.3 is 0 Å². The summed E-state index contributed by atoms with van der Waals surface area (Å²) in [6.07, 6.45) is 5.74. The zero-order valence-electron chi connectivity index (χ0n) is 11.7. The minimum absolute atomic E-state index is 0.555. The third-order valence-corrected chi connectivity index (χ3v) is 5.11. The van der Waals surface area contributed by atoms with Gasteiger partial charge in [0.1, 0.15) is 5.15 Å². The number of nitrogens with zero attached hydrogens (tertiary/aromatic N) is 1.